The van der Waals surface area contributed by atoms with Gasteiger partial charge in [0.05, 0.1) is 5.25 Å². The summed E-state index contributed by atoms with van der Waals surface area (Å²) < 4.78 is 0.816. The summed E-state index contributed by atoms with van der Waals surface area (Å²) in [6.07, 6.45) is 2.41. The molecule has 2 aromatic rings. The minimum atomic E-state index is -0.225. The van der Waals surface area contributed by atoms with Crippen molar-refractivity contribution in [2.45, 2.75) is 55.2 Å². The van der Waals surface area contributed by atoms with Crippen LogP contribution in [0.25, 0.3) is 0 Å². The molecule has 1 aromatic heterocycles. The fourth-order valence-corrected chi connectivity index (χ4v) is 4.09. The number of amides is 1. The number of nitrogens with one attached hydrogen (secondary N) is 2. The molecular weight excluding hydrogens is 340 g/mol. The summed E-state index contributed by atoms with van der Waals surface area (Å²) >= 11 is 2.95. The summed E-state index contributed by atoms with van der Waals surface area (Å²) in [5, 5.41) is 15.2. The van der Waals surface area contributed by atoms with Crippen molar-refractivity contribution in [2.75, 3.05) is 10.6 Å². The molecule has 1 aliphatic rings. The Morgan fingerprint density at radius 1 is 1.21 bits per heavy atom. The van der Waals surface area contributed by atoms with Crippen molar-refractivity contribution in [1.82, 2.24) is 10.2 Å². The van der Waals surface area contributed by atoms with Crippen LogP contribution in [0.5, 0.6) is 0 Å². The second kappa shape index (κ2) is 7.53. The molecule has 1 fully saturated rings. The van der Waals surface area contributed by atoms with Gasteiger partial charge in [-0.05, 0) is 43.4 Å². The third-order valence-electron chi connectivity index (χ3n) is 3.80. The highest BCUT2D eigenvalue weighted by Gasteiger charge is 2.23. The minimum absolute atomic E-state index is 0.0239. The van der Waals surface area contributed by atoms with Crippen LogP contribution in [0.15, 0.2) is 28.6 Å². The van der Waals surface area contributed by atoms with E-state index in [0.29, 0.717) is 12.0 Å². The van der Waals surface area contributed by atoms with Gasteiger partial charge in [-0.3, -0.25) is 4.79 Å². The van der Waals surface area contributed by atoms with Crippen molar-refractivity contribution in [3.05, 3.63) is 29.8 Å². The lowest BCUT2D eigenvalue weighted by atomic mass is 10.0. The molecule has 5 nitrogen and oxygen atoms in total. The Morgan fingerprint density at radius 2 is 1.92 bits per heavy atom. The Hall–Kier alpha value is -1.60. The Bertz CT molecular complexity index is 695. The molecule has 128 valence electrons. The molecule has 7 heteroatoms. The predicted molar refractivity (Wildman–Crippen MR) is 101 cm³/mol. The van der Waals surface area contributed by atoms with Gasteiger partial charge in [-0.15, -0.1) is 10.2 Å². The molecular formula is C17H22N4OS2. The van der Waals surface area contributed by atoms with Crippen LogP contribution in [0, 0.1) is 0 Å². The number of aromatic nitrogens is 2. The van der Waals surface area contributed by atoms with Crippen LogP contribution in [-0.4, -0.2) is 27.4 Å². The normalized spacial score (nSPS) is 15.3. The number of thioether (sulfide) groups is 1. The standard InChI is InChI=1S/C17H22N4OS2/c1-10(2)12-4-6-13(7-5-12)18-15(22)11(3)23-17-21-20-16(24-17)19-14-8-9-14/h4-7,10-11,14H,8-9H2,1-3H3,(H,18,22)(H,19,20)/t11-/m0/s1. The van der Waals surface area contributed by atoms with Crippen molar-refractivity contribution in [3.63, 3.8) is 0 Å². The maximum atomic E-state index is 12.3. The maximum absolute atomic E-state index is 12.3. The zero-order valence-corrected chi connectivity index (χ0v) is 15.7. The van der Waals surface area contributed by atoms with E-state index in [-0.39, 0.29) is 11.2 Å². The Kier molecular flexibility index (Phi) is 5.40. The lowest BCUT2D eigenvalue weighted by Crippen LogP contribution is -2.22. The molecule has 0 radical (unpaired) electrons. The number of carbonyl (C=O) groups excluding carboxylic acids is 1. The molecule has 1 atom stereocenters. The molecule has 2 N–H and O–H groups in total. The lowest BCUT2D eigenvalue weighted by molar-refractivity contribution is -0.115. The fraction of sp³-hybridized carbons (Fsp3) is 0.471. The van der Waals surface area contributed by atoms with Crippen molar-refractivity contribution in [3.8, 4) is 0 Å². The van der Waals surface area contributed by atoms with Crippen LogP contribution in [0.2, 0.25) is 0 Å². The molecule has 1 heterocycles. The molecule has 1 saturated carbocycles. The molecule has 24 heavy (non-hydrogen) atoms. The van der Waals surface area contributed by atoms with E-state index >= 15 is 0 Å². The smallest absolute Gasteiger partial charge is 0.237 e. The van der Waals surface area contributed by atoms with Crippen molar-refractivity contribution in [1.29, 1.82) is 0 Å². The first-order valence-corrected chi connectivity index (χ1v) is 9.88. The number of carbonyl (C=O) groups is 1. The van der Waals surface area contributed by atoms with Crippen LogP contribution in [0.1, 0.15) is 45.1 Å². The quantitative estimate of drug-likeness (QED) is 0.717. The number of benzene rings is 1. The van der Waals surface area contributed by atoms with E-state index in [1.54, 1.807) is 0 Å². The Labute approximate surface area is 150 Å². The van der Waals surface area contributed by atoms with E-state index in [1.165, 1.54) is 41.5 Å². The predicted octanol–water partition coefficient (Wildman–Crippen LogP) is 4.36. The second-order valence-corrected chi connectivity index (χ2v) is 8.88. The molecule has 0 unspecified atom stereocenters. The zero-order valence-electron chi connectivity index (χ0n) is 14.1. The highest BCUT2D eigenvalue weighted by atomic mass is 32.2. The Morgan fingerprint density at radius 3 is 2.54 bits per heavy atom. The first kappa shape index (κ1) is 17.2. The average molecular weight is 363 g/mol. The van der Waals surface area contributed by atoms with E-state index in [1.807, 2.05) is 19.1 Å². The third kappa shape index (κ3) is 4.70. The van der Waals surface area contributed by atoms with Gasteiger partial charge < -0.3 is 10.6 Å². The highest BCUT2D eigenvalue weighted by molar-refractivity contribution is 8.02. The van der Waals surface area contributed by atoms with E-state index in [2.05, 4.69) is 46.8 Å². The third-order valence-corrected chi connectivity index (χ3v) is 5.84. The maximum Gasteiger partial charge on any atom is 0.237 e. The van der Waals surface area contributed by atoms with Crippen LogP contribution >= 0.6 is 23.1 Å². The van der Waals surface area contributed by atoms with Crippen LogP contribution in [0.3, 0.4) is 0 Å². The van der Waals surface area contributed by atoms with Gasteiger partial charge in [0, 0.05) is 11.7 Å². The van der Waals surface area contributed by atoms with Gasteiger partial charge in [-0.25, -0.2) is 0 Å². The number of rotatable bonds is 7. The van der Waals surface area contributed by atoms with Gasteiger partial charge in [-0.2, -0.15) is 0 Å². The minimum Gasteiger partial charge on any atom is -0.357 e. The first-order chi connectivity index (χ1) is 11.5. The average Bonchev–Trinajstić information content (AvgIpc) is 3.26. The summed E-state index contributed by atoms with van der Waals surface area (Å²) in [7, 11) is 0. The van der Waals surface area contributed by atoms with Gasteiger partial charge in [0.15, 0.2) is 4.34 Å². The Balaban J connectivity index is 1.52. The fourth-order valence-electron chi connectivity index (χ4n) is 2.12. The first-order valence-electron chi connectivity index (χ1n) is 8.19. The number of anilines is 2. The van der Waals surface area contributed by atoms with Gasteiger partial charge in [0.25, 0.3) is 0 Å². The monoisotopic (exact) mass is 362 g/mol. The lowest BCUT2D eigenvalue weighted by Gasteiger charge is -2.11. The van der Waals surface area contributed by atoms with Crippen molar-refractivity contribution >= 4 is 39.8 Å². The van der Waals surface area contributed by atoms with Crippen LogP contribution in [0.4, 0.5) is 10.8 Å². The summed E-state index contributed by atoms with van der Waals surface area (Å²) in [4.78, 5) is 12.3. The molecule has 0 bridgehead atoms. The van der Waals surface area contributed by atoms with E-state index in [4.69, 9.17) is 0 Å². The van der Waals surface area contributed by atoms with E-state index in [0.717, 1.165) is 15.2 Å². The summed E-state index contributed by atoms with van der Waals surface area (Å²) in [5.41, 5.74) is 2.09. The van der Waals surface area contributed by atoms with Crippen molar-refractivity contribution in [2.24, 2.45) is 0 Å². The largest absolute Gasteiger partial charge is 0.357 e. The molecule has 0 aliphatic heterocycles. The molecule has 1 amide bonds. The molecule has 3 rings (SSSR count). The number of nitrogens with zero attached hydrogens (tertiary/aromatic N) is 2. The molecule has 0 spiro atoms. The van der Waals surface area contributed by atoms with Gasteiger partial charge in [0.1, 0.15) is 0 Å². The van der Waals surface area contributed by atoms with Crippen LogP contribution in [-0.2, 0) is 4.79 Å². The highest BCUT2D eigenvalue weighted by Crippen LogP contribution is 2.32. The second-order valence-electron chi connectivity index (χ2n) is 6.32. The van der Waals surface area contributed by atoms with E-state index in [9.17, 15) is 4.79 Å². The molecule has 1 aromatic carbocycles. The summed E-state index contributed by atoms with van der Waals surface area (Å²) in [6, 6.07) is 8.57. The SMILES string of the molecule is CC(C)c1ccc(NC(=O)[C@H](C)Sc2nnc(NC3CC3)s2)cc1. The number of hydrogen-bond donors (Lipinski definition) is 2. The summed E-state index contributed by atoms with van der Waals surface area (Å²) in [5.74, 6) is 0.462. The van der Waals surface area contributed by atoms with Crippen molar-refractivity contribution < 1.29 is 4.79 Å². The molecule has 0 saturated heterocycles. The van der Waals surface area contributed by atoms with Gasteiger partial charge in [0.2, 0.25) is 11.0 Å². The molecule has 1 aliphatic carbocycles. The summed E-state index contributed by atoms with van der Waals surface area (Å²) in [6.45, 7) is 6.19. The topological polar surface area (TPSA) is 66.9 Å². The van der Waals surface area contributed by atoms with E-state index < -0.39 is 0 Å². The van der Waals surface area contributed by atoms with Crippen LogP contribution < -0.4 is 10.6 Å². The zero-order chi connectivity index (χ0) is 17.1. The van der Waals surface area contributed by atoms with Gasteiger partial charge in [-0.1, -0.05) is 49.1 Å². The number of hydrogen-bond acceptors (Lipinski definition) is 6. The van der Waals surface area contributed by atoms with Gasteiger partial charge >= 0.3 is 0 Å².